The highest BCUT2D eigenvalue weighted by Crippen LogP contribution is 2.35. The van der Waals surface area contributed by atoms with Gasteiger partial charge in [0, 0.05) is 6.54 Å². The van der Waals surface area contributed by atoms with Crippen LogP contribution in [0.2, 0.25) is 0 Å². The summed E-state index contributed by atoms with van der Waals surface area (Å²) in [5, 5.41) is 2.24. The van der Waals surface area contributed by atoms with Crippen molar-refractivity contribution < 1.29 is 32.2 Å². The molecule has 1 N–H and O–H groups in total. The topological polar surface area (TPSA) is 67.9 Å². The molecule has 2 unspecified atom stereocenters. The Morgan fingerprint density at radius 3 is 2.27 bits per heavy atom. The molecule has 3 rings (SSSR count). The summed E-state index contributed by atoms with van der Waals surface area (Å²) < 4.78 is 50.8. The van der Waals surface area contributed by atoms with Gasteiger partial charge in [0.25, 0.3) is 5.91 Å². The first-order valence-corrected chi connectivity index (χ1v) is 9.38. The minimum atomic E-state index is -4.61. The van der Waals surface area contributed by atoms with E-state index in [1.54, 1.807) is 38.1 Å². The molecule has 1 aliphatic rings. The van der Waals surface area contributed by atoms with Gasteiger partial charge in [0.1, 0.15) is 6.10 Å². The molecule has 0 radical (unpaired) electrons. The second-order valence-electron chi connectivity index (χ2n) is 6.75. The van der Waals surface area contributed by atoms with Crippen LogP contribution in [-0.2, 0) is 15.8 Å². The number of benzene rings is 2. The highest BCUT2D eigenvalue weighted by molar-refractivity contribution is 5.96. The van der Waals surface area contributed by atoms with Gasteiger partial charge in [-0.25, -0.2) is 0 Å². The van der Waals surface area contributed by atoms with Crippen molar-refractivity contribution in [2.24, 2.45) is 0 Å². The van der Waals surface area contributed by atoms with Gasteiger partial charge in [0.05, 0.1) is 17.8 Å². The van der Waals surface area contributed by atoms with Crippen LogP contribution in [0.3, 0.4) is 0 Å². The number of anilines is 1. The molecular formula is C21H21F3N2O4. The van der Waals surface area contributed by atoms with Crippen LogP contribution in [0.25, 0.3) is 0 Å². The number of hydrogen-bond acceptors (Lipinski definition) is 4. The summed E-state index contributed by atoms with van der Waals surface area (Å²) in [6, 6.07) is 11.6. The Labute approximate surface area is 171 Å². The Bertz CT molecular complexity index is 932. The fourth-order valence-electron chi connectivity index (χ4n) is 3.12. The van der Waals surface area contributed by atoms with Gasteiger partial charge in [-0.1, -0.05) is 24.3 Å². The Morgan fingerprint density at radius 1 is 1.03 bits per heavy atom. The van der Waals surface area contributed by atoms with Gasteiger partial charge in [0.2, 0.25) is 12.0 Å². The van der Waals surface area contributed by atoms with Crippen molar-refractivity contribution in [2.45, 2.75) is 32.2 Å². The first kappa shape index (κ1) is 21.5. The summed E-state index contributed by atoms with van der Waals surface area (Å²) in [7, 11) is 0. The second kappa shape index (κ2) is 8.64. The third kappa shape index (κ3) is 4.67. The number of ether oxygens (including phenoxy) is 2. The van der Waals surface area contributed by atoms with E-state index in [1.807, 2.05) is 0 Å². The normalized spacial score (nSPS) is 17.9. The number of para-hydroxylation sites is 3. The van der Waals surface area contributed by atoms with Crippen molar-refractivity contribution in [1.29, 1.82) is 0 Å². The van der Waals surface area contributed by atoms with E-state index in [4.69, 9.17) is 9.47 Å². The average molecular weight is 422 g/mol. The van der Waals surface area contributed by atoms with Gasteiger partial charge in [-0.3, -0.25) is 9.59 Å². The van der Waals surface area contributed by atoms with Gasteiger partial charge in [-0.2, -0.15) is 13.2 Å². The molecule has 0 aliphatic carbocycles. The largest absolute Gasteiger partial charge is 0.482 e. The standard InChI is InChI=1S/C21H21F3N2O4/c1-3-26(12-18(27)25-15-9-5-4-8-14(15)21(22,23)24)20(28)19-13(2)29-16-10-6-7-11-17(16)30-19/h4-11,13,19H,3,12H2,1-2H3,(H,25,27). The summed E-state index contributed by atoms with van der Waals surface area (Å²) in [5.74, 6) is -0.308. The first-order chi connectivity index (χ1) is 14.2. The number of nitrogens with zero attached hydrogens (tertiary/aromatic N) is 1. The highest BCUT2D eigenvalue weighted by Gasteiger charge is 2.37. The van der Waals surface area contributed by atoms with Crippen LogP contribution in [-0.4, -0.2) is 42.0 Å². The van der Waals surface area contributed by atoms with Crippen molar-refractivity contribution in [3.63, 3.8) is 0 Å². The molecule has 2 amide bonds. The van der Waals surface area contributed by atoms with Gasteiger partial charge in [0.15, 0.2) is 11.5 Å². The summed E-state index contributed by atoms with van der Waals surface area (Å²) in [6.45, 7) is 3.08. The number of fused-ring (bicyclic) bond motifs is 1. The minimum absolute atomic E-state index is 0.168. The van der Waals surface area contributed by atoms with Crippen molar-refractivity contribution in [3.05, 3.63) is 54.1 Å². The third-order valence-corrected chi connectivity index (χ3v) is 4.62. The summed E-state index contributed by atoms with van der Waals surface area (Å²) >= 11 is 0. The first-order valence-electron chi connectivity index (χ1n) is 9.38. The zero-order chi connectivity index (χ0) is 21.9. The molecule has 6 nitrogen and oxygen atoms in total. The van der Waals surface area contributed by atoms with Gasteiger partial charge >= 0.3 is 6.18 Å². The summed E-state index contributed by atoms with van der Waals surface area (Å²) in [5.41, 5.74) is -1.32. The maximum Gasteiger partial charge on any atom is 0.418 e. The second-order valence-corrected chi connectivity index (χ2v) is 6.75. The van der Waals surface area contributed by atoms with E-state index in [0.29, 0.717) is 11.5 Å². The smallest absolute Gasteiger partial charge is 0.418 e. The molecule has 30 heavy (non-hydrogen) atoms. The number of carbonyl (C=O) groups excluding carboxylic acids is 2. The molecular weight excluding hydrogens is 401 g/mol. The zero-order valence-electron chi connectivity index (χ0n) is 16.4. The molecule has 0 aromatic heterocycles. The Morgan fingerprint density at radius 2 is 1.63 bits per heavy atom. The predicted octanol–water partition coefficient (Wildman–Crippen LogP) is 3.72. The van der Waals surface area contributed by atoms with Crippen LogP contribution in [0.4, 0.5) is 18.9 Å². The molecule has 2 aromatic carbocycles. The maximum atomic E-state index is 13.1. The molecule has 0 fully saturated rings. The Balaban J connectivity index is 1.70. The van der Waals surface area contributed by atoms with Crippen LogP contribution in [0, 0.1) is 0 Å². The van der Waals surface area contributed by atoms with Crippen LogP contribution in [0.5, 0.6) is 11.5 Å². The fourth-order valence-corrected chi connectivity index (χ4v) is 3.12. The van der Waals surface area contributed by atoms with Crippen molar-refractivity contribution in [3.8, 4) is 11.5 Å². The van der Waals surface area contributed by atoms with Crippen LogP contribution in [0.15, 0.2) is 48.5 Å². The summed E-state index contributed by atoms with van der Waals surface area (Å²) in [4.78, 5) is 26.5. The number of hydrogen-bond donors (Lipinski definition) is 1. The third-order valence-electron chi connectivity index (χ3n) is 4.62. The molecule has 0 spiro atoms. The molecule has 160 valence electrons. The van der Waals surface area contributed by atoms with E-state index >= 15 is 0 Å². The number of likely N-dealkylation sites (N-methyl/N-ethyl adjacent to an activating group) is 1. The SMILES string of the molecule is CCN(CC(=O)Nc1ccccc1C(F)(F)F)C(=O)C1Oc2ccccc2OC1C. The van der Waals surface area contributed by atoms with E-state index < -0.39 is 42.3 Å². The lowest BCUT2D eigenvalue weighted by atomic mass is 10.1. The van der Waals surface area contributed by atoms with E-state index in [0.717, 1.165) is 12.1 Å². The number of halogens is 3. The van der Waals surface area contributed by atoms with Crippen LogP contribution in [0.1, 0.15) is 19.4 Å². The number of carbonyl (C=O) groups is 2. The lowest BCUT2D eigenvalue weighted by Crippen LogP contribution is -2.52. The van der Waals surface area contributed by atoms with E-state index in [9.17, 15) is 22.8 Å². The van der Waals surface area contributed by atoms with Gasteiger partial charge in [-0.15, -0.1) is 0 Å². The van der Waals surface area contributed by atoms with Gasteiger partial charge in [-0.05, 0) is 38.1 Å². The Kier molecular flexibility index (Phi) is 6.19. The Hall–Kier alpha value is -3.23. The quantitative estimate of drug-likeness (QED) is 0.798. The van der Waals surface area contributed by atoms with Crippen molar-refractivity contribution in [1.82, 2.24) is 4.90 Å². The molecule has 0 saturated heterocycles. The monoisotopic (exact) mass is 422 g/mol. The lowest BCUT2D eigenvalue weighted by molar-refractivity contribution is -0.146. The minimum Gasteiger partial charge on any atom is -0.482 e. The molecule has 1 aliphatic heterocycles. The van der Waals surface area contributed by atoms with E-state index in [1.165, 1.54) is 17.0 Å². The van der Waals surface area contributed by atoms with E-state index in [-0.39, 0.29) is 12.2 Å². The maximum absolute atomic E-state index is 13.1. The zero-order valence-corrected chi connectivity index (χ0v) is 16.4. The predicted molar refractivity (Wildman–Crippen MR) is 103 cm³/mol. The average Bonchev–Trinajstić information content (AvgIpc) is 2.70. The number of rotatable bonds is 5. The number of nitrogens with one attached hydrogen (secondary N) is 1. The summed E-state index contributed by atoms with van der Waals surface area (Å²) in [6.07, 6.45) is -6.19. The molecule has 1 heterocycles. The fraction of sp³-hybridized carbons (Fsp3) is 0.333. The number of alkyl halides is 3. The number of amides is 2. The van der Waals surface area contributed by atoms with Crippen LogP contribution >= 0.6 is 0 Å². The molecule has 0 saturated carbocycles. The van der Waals surface area contributed by atoms with Crippen molar-refractivity contribution in [2.75, 3.05) is 18.4 Å². The van der Waals surface area contributed by atoms with Crippen molar-refractivity contribution >= 4 is 17.5 Å². The van der Waals surface area contributed by atoms with E-state index in [2.05, 4.69) is 5.32 Å². The lowest BCUT2D eigenvalue weighted by Gasteiger charge is -2.34. The highest BCUT2D eigenvalue weighted by atomic mass is 19.4. The molecule has 2 atom stereocenters. The molecule has 9 heteroatoms. The molecule has 0 bridgehead atoms. The van der Waals surface area contributed by atoms with Gasteiger partial charge < -0.3 is 19.7 Å². The van der Waals surface area contributed by atoms with Crippen LogP contribution < -0.4 is 14.8 Å². The molecule has 2 aromatic rings.